The van der Waals surface area contributed by atoms with Crippen molar-refractivity contribution in [1.82, 2.24) is 0 Å². The van der Waals surface area contributed by atoms with Crippen molar-refractivity contribution < 1.29 is 20.1 Å². The fraction of sp³-hybridized carbons (Fsp3) is 0.667. The minimum Gasteiger partial charge on any atom is -0.481 e. The number of rotatable bonds is 8. The fourth-order valence-corrected chi connectivity index (χ4v) is 4.46. The van der Waals surface area contributed by atoms with Crippen LogP contribution in [0.25, 0.3) is 0 Å². The van der Waals surface area contributed by atoms with Gasteiger partial charge in [-0.3, -0.25) is 4.79 Å². The van der Waals surface area contributed by atoms with Gasteiger partial charge in [-0.05, 0) is 50.5 Å². The molecule has 29 heavy (non-hydrogen) atoms. The normalized spacial score (nSPS) is 29.7. The van der Waals surface area contributed by atoms with Crippen LogP contribution in [0.5, 0.6) is 0 Å². The largest absolute Gasteiger partial charge is 0.481 e. The number of aliphatic carboxylic acids is 1. The number of carbonyl (C=O) groups is 1. The van der Waals surface area contributed by atoms with Crippen molar-refractivity contribution in [3.63, 3.8) is 0 Å². The summed E-state index contributed by atoms with van der Waals surface area (Å²) in [5, 5.41) is 29.5. The molecular formula is C21H34N4O4. The molecule has 5 atom stereocenters. The quantitative estimate of drug-likeness (QED) is 0.163. The lowest BCUT2D eigenvalue weighted by atomic mass is 9.88. The molecule has 5 unspecified atom stereocenters. The Morgan fingerprint density at radius 2 is 2.00 bits per heavy atom. The number of allylic oxidation sites excluding steroid dienone is 1. The van der Waals surface area contributed by atoms with Crippen LogP contribution < -0.4 is 22.9 Å². The molecule has 0 bridgehead atoms. The van der Waals surface area contributed by atoms with Gasteiger partial charge in [-0.25, -0.2) is 0 Å². The van der Waals surface area contributed by atoms with Crippen LogP contribution in [-0.2, 0) is 4.79 Å². The van der Waals surface area contributed by atoms with Crippen LogP contribution in [0.15, 0.2) is 23.8 Å². The number of aliphatic hydroxyl groups excluding tert-OH is 2. The van der Waals surface area contributed by atoms with Gasteiger partial charge in [0, 0.05) is 12.3 Å². The van der Waals surface area contributed by atoms with E-state index in [4.69, 9.17) is 28.0 Å². The van der Waals surface area contributed by atoms with Gasteiger partial charge in [-0.2, -0.15) is 0 Å². The van der Waals surface area contributed by atoms with Gasteiger partial charge in [-0.1, -0.05) is 17.7 Å². The third kappa shape index (κ3) is 5.89. The van der Waals surface area contributed by atoms with Crippen LogP contribution in [0, 0.1) is 29.6 Å². The van der Waals surface area contributed by atoms with Crippen LogP contribution in [0.2, 0.25) is 0 Å². The molecule has 2 rings (SSSR count). The minimum absolute atomic E-state index is 0.0673. The molecule has 8 heteroatoms. The van der Waals surface area contributed by atoms with Crippen molar-refractivity contribution in [3.8, 4) is 11.8 Å². The molecule has 0 heterocycles. The number of aliphatic hydroxyl groups is 2. The van der Waals surface area contributed by atoms with E-state index in [1.165, 1.54) is 0 Å². The molecular weight excluding hydrogens is 372 g/mol. The summed E-state index contributed by atoms with van der Waals surface area (Å²) in [6.45, 7) is 1.76. The summed E-state index contributed by atoms with van der Waals surface area (Å²) in [6, 6.07) is 0. The summed E-state index contributed by atoms with van der Waals surface area (Å²) in [5.41, 5.74) is 21.4. The first kappa shape index (κ1) is 23.5. The maximum atomic E-state index is 11.0. The third-order valence-electron chi connectivity index (χ3n) is 6.10. The van der Waals surface area contributed by atoms with Gasteiger partial charge in [-0.15, -0.1) is 11.8 Å². The Kier molecular flexibility index (Phi) is 7.62. The molecule has 2 aliphatic carbocycles. The second kappa shape index (κ2) is 9.39. The number of fused-ring (bicyclic) bond motifs is 1. The molecule has 0 spiro atoms. The molecule has 8 nitrogen and oxygen atoms in total. The first-order valence-corrected chi connectivity index (χ1v) is 9.99. The molecule has 0 saturated heterocycles. The van der Waals surface area contributed by atoms with Crippen LogP contribution in [0.4, 0.5) is 0 Å². The third-order valence-corrected chi connectivity index (χ3v) is 6.10. The molecule has 0 aromatic heterocycles. The summed E-state index contributed by atoms with van der Waals surface area (Å²) < 4.78 is 0. The smallest absolute Gasteiger partial charge is 0.306 e. The number of hydrogen-bond acceptors (Lipinski definition) is 7. The van der Waals surface area contributed by atoms with Crippen molar-refractivity contribution >= 4 is 5.97 Å². The van der Waals surface area contributed by atoms with Crippen LogP contribution in [0.3, 0.4) is 0 Å². The van der Waals surface area contributed by atoms with Crippen LogP contribution in [-0.4, -0.2) is 44.8 Å². The SMILES string of the molecule is CC#CCCC(O)C=CC1C(O)CC2CC(=CC(N)(N)C(N)(N)CC(=O)O)CC21. The summed E-state index contributed by atoms with van der Waals surface area (Å²) in [6.07, 6.45) is 6.85. The van der Waals surface area contributed by atoms with Gasteiger partial charge < -0.3 is 38.3 Å². The maximum Gasteiger partial charge on any atom is 0.306 e. The Morgan fingerprint density at radius 1 is 1.31 bits per heavy atom. The van der Waals surface area contributed by atoms with E-state index in [1.807, 2.05) is 6.08 Å². The van der Waals surface area contributed by atoms with Gasteiger partial charge in [0.05, 0.1) is 18.6 Å². The summed E-state index contributed by atoms with van der Waals surface area (Å²) in [5.74, 6) is 4.96. The fourth-order valence-electron chi connectivity index (χ4n) is 4.46. The van der Waals surface area contributed by atoms with Crippen molar-refractivity contribution in [2.75, 3.05) is 0 Å². The van der Waals surface area contributed by atoms with Gasteiger partial charge in [0.1, 0.15) is 11.3 Å². The van der Waals surface area contributed by atoms with E-state index in [0.717, 1.165) is 5.57 Å². The average molecular weight is 407 g/mol. The van der Waals surface area contributed by atoms with Crippen molar-refractivity contribution in [2.24, 2.45) is 40.7 Å². The average Bonchev–Trinajstić information content (AvgIpc) is 3.07. The highest BCUT2D eigenvalue weighted by molar-refractivity contribution is 5.68. The van der Waals surface area contributed by atoms with E-state index in [-0.39, 0.29) is 17.8 Å². The Labute approximate surface area is 172 Å². The van der Waals surface area contributed by atoms with Crippen molar-refractivity contribution in [2.45, 2.75) is 69.0 Å². The number of carboxylic acids is 1. The monoisotopic (exact) mass is 406 g/mol. The van der Waals surface area contributed by atoms with E-state index in [0.29, 0.717) is 32.1 Å². The van der Waals surface area contributed by atoms with E-state index >= 15 is 0 Å². The van der Waals surface area contributed by atoms with E-state index in [2.05, 4.69) is 11.8 Å². The highest BCUT2D eigenvalue weighted by Gasteiger charge is 2.47. The Hall–Kier alpha value is -1.73. The number of hydrogen-bond donors (Lipinski definition) is 7. The molecule has 0 aromatic carbocycles. The Morgan fingerprint density at radius 3 is 2.62 bits per heavy atom. The highest BCUT2D eigenvalue weighted by atomic mass is 16.4. The molecule has 0 aliphatic heterocycles. The first-order valence-electron chi connectivity index (χ1n) is 9.99. The van der Waals surface area contributed by atoms with Gasteiger partial charge in [0.25, 0.3) is 0 Å². The number of nitrogens with two attached hydrogens (primary N) is 4. The molecule has 2 fully saturated rings. The predicted molar refractivity (Wildman–Crippen MR) is 111 cm³/mol. The summed E-state index contributed by atoms with van der Waals surface area (Å²) in [7, 11) is 0. The zero-order chi connectivity index (χ0) is 21.8. The topological polar surface area (TPSA) is 182 Å². The molecule has 0 amide bonds. The molecule has 0 radical (unpaired) electrons. The molecule has 11 N–H and O–H groups in total. The zero-order valence-electron chi connectivity index (χ0n) is 16.9. The lowest BCUT2D eigenvalue weighted by Crippen LogP contribution is -2.75. The van der Waals surface area contributed by atoms with Crippen molar-refractivity contribution in [3.05, 3.63) is 23.8 Å². The van der Waals surface area contributed by atoms with Crippen LogP contribution >= 0.6 is 0 Å². The second-order valence-electron chi connectivity index (χ2n) is 8.48. The Balaban J connectivity index is 2.06. The van der Waals surface area contributed by atoms with Crippen LogP contribution in [0.1, 0.15) is 45.4 Å². The summed E-state index contributed by atoms with van der Waals surface area (Å²) in [4.78, 5) is 11.0. The van der Waals surface area contributed by atoms with Gasteiger partial charge in [0.15, 0.2) is 0 Å². The summed E-state index contributed by atoms with van der Waals surface area (Å²) >= 11 is 0. The highest BCUT2D eigenvalue weighted by Crippen LogP contribution is 2.50. The van der Waals surface area contributed by atoms with Gasteiger partial charge >= 0.3 is 5.97 Å². The first-order chi connectivity index (χ1) is 13.5. The van der Waals surface area contributed by atoms with Crippen molar-refractivity contribution in [1.29, 1.82) is 0 Å². The van der Waals surface area contributed by atoms with E-state index < -0.39 is 35.9 Å². The van der Waals surface area contributed by atoms with Gasteiger partial charge in [0.2, 0.25) is 0 Å². The minimum atomic E-state index is -1.78. The lowest BCUT2D eigenvalue weighted by Gasteiger charge is -2.37. The van der Waals surface area contributed by atoms with E-state index in [1.54, 1.807) is 19.1 Å². The number of carboxylic acid groups (broad SMARTS) is 1. The molecule has 2 saturated carbocycles. The molecule has 0 aromatic rings. The lowest BCUT2D eigenvalue weighted by molar-refractivity contribution is -0.138. The predicted octanol–water partition coefficient (Wildman–Crippen LogP) is -0.257. The maximum absolute atomic E-state index is 11.0. The van der Waals surface area contributed by atoms with E-state index in [9.17, 15) is 15.0 Å². The standard InChI is InChI=1S/C21H34N4O4/c1-2-3-4-5-15(26)6-7-16-17-9-13(8-14(17)10-18(16)27)11-20(22,23)21(24,25)12-19(28)29/h6-7,11,14-18,26-27H,4-5,8-10,12,22-25H2,1H3,(H,28,29). The zero-order valence-corrected chi connectivity index (χ0v) is 16.9. The molecule has 162 valence electrons. The molecule has 2 aliphatic rings. The Bertz CT molecular complexity index is 720. The second-order valence-corrected chi connectivity index (χ2v) is 8.48.